The smallest absolute Gasteiger partial charge is 0.209 e. The fraction of sp³-hybridized carbons (Fsp3) is 0.947. The van der Waals surface area contributed by atoms with Crippen LogP contribution in [0.4, 0.5) is 0 Å². The summed E-state index contributed by atoms with van der Waals surface area (Å²) in [4.78, 5) is 13.5. The molecule has 0 spiro atoms. The van der Waals surface area contributed by atoms with E-state index in [4.69, 9.17) is 0 Å². The first-order valence-electron chi connectivity index (χ1n) is 9.28. The molecule has 1 heterocycles. The number of amides is 1. The molecule has 1 saturated heterocycles. The first kappa shape index (κ1) is 15.0. The molecule has 4 fully saturated rings. The summed E-state index contributed by atoms with van der Waals surface area (Å²) in [7, 11) is 0. The molecular weight excluding hydrogens is 274 g/mol. The zero-order chi connectivity index (χ0) is 15.7. The van der Waals surface area contributed by atoms with Gasteiger partial charge in [0.2, 0.25) is 6.41 Å². The number of carbonyl (C=O) groups is 1. The lowest BCUT2D eigenvalue weighted by Crippen LogP contribution is -2.56. The molecule has 3 aliphatic carbocycles. The number of likely N-dealkylation sites (tertiary alicyclic amines) is 1. The van der Waals surface area contributed by atoms with Crippen LogP contribution in [0, 0.1) is 34.5 Å². The summed E-state index contributed by atoms with van der Waals surface area (Å²) in [5.74, 6) is 2.87. The van der Waals surface area contributed by atoms with Crippen molar-refractivity contribution in [3.05, 3.63) is 0 Å². The second-order valence-corrected chi connectivity index (χ2v) is 9.40. The Bertz CT molecular complexity index is 480. The Morgan fingerprint density at radius 1 is 1.18 bits per heavy atom. The van der Waals surface area contributed by atoms with Gasteiger partial charge in [0.1, 0.15) is 0 Å². The molecule has 8 atom stereocenters. The Morgan fingerprint density at radius 3 is 2.68 bits per heavy atom. The van der Waals surface area contributed by atoms with Gasteiger partial charge in [-0.2, -0.15) is 0 Å². The van der Waals surface area contributed by atoms with Crippen molar-refractivity contribution in [2.24, 2.45) is 34.5 Å². The van der Waals surface area contributed by atoms with Gasteiger partial charge in [0.05, 0.1) is 6.10 Å². The third-order valence-electron chi connectivity index (χ3n) is 8.38. The van der Waals surface area contributed by atoms with Gasteiger partial charge in [-0.25, -0.2) is 0 Å². The Morgan fingerprint density at radius 2 is 1.95 bits per heavy atom. The summed E-state index contributed by atoms with van der Waals surface area (Å²) in [5, 5.41) is 10.3. The van der Waals surface area contributed by atoms with E-state index in [0.29, 0.717) is 28.7 Å². The monoisotopic (exact) mass is 305 g/mol. The van der Waals surface area contributed by atoms with E-state index in [1.54, 1.807) is 0 Å². The van der Waals surface area contributed by atoms with Crippen molar-refractivity contribution in [3.63, 3.8) is 0 Å². The molecule has 0 aromatic carbocycles. The second-order valence-electron chi connectivity index (χ2n) is 9.40. The largest absolute Gasteiger partial charge is 0.393 e. The van der Waals surface area contributed by atoms with Crippen LogP contribution < -0.4 is 0 Å². The molecule has 1 amide bonds. The SMILES string of the molecule is CC1CC2N(C=O)CCC2(C)C2CCC3(C)CC(O)CC3C12. The van der Waals surface area contributed by atoms with Gasteiger partial charge in [-0.15, -0.1) is 0 Å². The van der Waals surface area contributed by atoms with Crippen LogP contribution in [-0.2, 0) is 4.79 Å². The fourth-order valence-electron chi connectivity index (χ4n) is 7.32. The summed E-state index contributed by atoms with van der Waals surface area (Å²) in [5.41, 5.74) is 0.675. The lowest BCUT2D eigenvalue weighted by atomic mass is 9.47. The topological polar surface area (TPSA) is 40.5 Å². The lowest BCUT2D eigenvalue weighted by Gasteiger charge is -2.59. The minimum absolute atomic E-state index is 0.0819. The third-order valence-corrected chi connectivity index (χ3v) is 8.38. The average Bonchev–Trinajstić information content (AvgIpc) is 2.94. The molecule has 22 heavy (non-hydrogen) atoms. The number of rotatable bonds is 1. The first-order chi connectivity index (χ1) is 10.4. The van der Waals surface area contributed by atoms with Crippen LogP contribution in [0.25, 0.3) is 0 Å². The molecule has 3 heteroatoms. The van der Waals surface area contributed by atoms with E-state index < -0.39 is 0 Å². The highest BCUT2D eigenvalue weighted by molar-refractivity contribution is 5.49. The summed E-state index contributed by atoms with van der Waals surface area (Å²) in [6.45, 7) is 8.25. The van der Waals surface area contributed by atoms with Gasteiger partial charge in [-0.1, -0.05) is 20.8 Å². The van der Waals surface area contributed by atoms with Gasteiger partial charge in [-0.3, -0.25) is 4.79 Å². The van der Waals surface area contributed by atoms with Crippen molar-refractivity contribution in [2.75, 3.05) is 6.54 Å². The molecule has 4 rings (SSSR count). The highest BCUT2D eigenvalue weighted by atomic mass is 16.3. The van der Waals surface area contributed by atoms with E-state index in [0.717, 1.165) is 37.6 Å². The maximum absolute atomic E-state index is 11.4. The van der Waals surface area contributed by atoms with Gasteiger partial charge < -0.3 is 10.0 Å². The average molecular weight is 305 g/mol. The van der Waals surface area contributed by atoms with Crippen molar-refractivity contribution < 1.29 is 9.90 Å². The Hall–Kier alpha value is -0.570. The predicted molar refractivity (Wildman–Crippen MR) is 86.1 cm³/mol. The van der Waals surface area contributed by atoms with E-state index in [-0.39, 0.29) is 6.10 Å². The minimum atomic E-state index is -0.0819. The number of fused-ring (bicyclic) bond motifs is 5. The maximum atomic E-state index is 11.4. The van der Waals surface area contributed by atoms with Crippen molar-refractivity contribution in [1.82, 2.24) is 4.90 Å². The number of aliphatic hydroxyl groups is 1. The normalized spacial score (nSPS) is 57.2. The molecule has 3 saturated carbocycles. The molecule has 0 radical (unpaired) electrons. The highest BCUT2D eigenvalue weighted by Gasteiger charge is 2.62. The van der Waals surface area contributed by atoms with Gasteiger partial charge in [0, 0.05) is 12.6 Å². The Labute approximate surface area is 134 Å². The van der Waals surface area contributed by atoms with Crippen LogP contribution in [0.15, 0.2) is 0 Å². The molecule has 0 aromatic heterocycles. The van der Waals surface area contributed by atoms with Crippen LogP contribution in [0.5, 0.6) is 0 Å². The minimum Gasteiger partial charge on any atom is -0.393 e. The molecule has 8 unspecified atom stereocenters. The van der Waals surface area contributed by atoms with Crippen LogP contribution >= 0.6 is 0 Å². The number of hydrogen-bond acceptors (Lipinski definition) is 2. The maximum Gasteiger partial charge on any atom is 0.209 e. The molecular formula is C19H31NO2. The van der Waals surface area contributed by atoms with Crippen molar-refractivity contribution in [2.45, 2.75) is 71.4 Å². The van der Waals surface area contributed by atoms with E-state index in [9.17, 15) is 9.90 Å². The summed E-state index contributed by atoms with van der Waals surface area (Å²) in [6, 6.07) is 0.455. The molecule has 0 aromatic rings. The molecule has 124 valence electrons. The van der Waals surface area contributed by atoms with Crippen LogP contribution in [-0.4, -0.2) is 35.1 Å². The van der Waals surface area contributed by atoms with Crippen LogP contribution in [0.2, 0.25) is 0 Å². The van der Waals surface area contributed by atoms with E-state index in [1.807, 2.05) is 0 Å². The Balaban J connectivity index is 1.69. The van der Waals surface area contributed by atoms with E-state index >= 15 is 0 Å². The third kappa shape index (κ3) is 1.81. The highest BCUT2D eigenvalue weighted by Crippen LogP contribution is 2.66. The standard InChI is InChI=1S/C19H31NO2/c1-12-8-16-19(3,6-7-20(16)11-21)14-4-5-18(2)10-13(22)9-15(18)17(12)14/h11-17,22H,4-10H2,1-3H3. The van der Waals surface area contributed by atoms with Gasteiger partial charge in [-0.05, 0) is 73.0 Å². The van der Waals surface area contributed by atoms with E-state index in [1.165, 1.54) is 25.7 Å². The molecule has 3 nitrogen and oxygen atoms in total. The lowest BCUT2D eigenvalue weighted by molar-refractivity contribution is -0.128. The zero-order valence-electron chi connectivity index (χ0n) is 14.3. The molecule has 1 aliphatic heterocycles. The van der Waals surface area contributed by atoms with Crippen molar-refractivity contribution >= 4 is 6.41 Å². The Kier molecular flexibility index (Phi) is 3.21. The van der Waals surface area contributed by atoms with Gasteiger partial charge >= 0.3 is 0 Å². The van der Waals surface area contributed by atoms with Crippen molar-refractivity contribution in [3.8, 4) is 0 Å². The van der Waals surface area contributed by atoms with Gasteiger partial charge in [0.15, 0.2) is 0 Å². The first-order valence-corrected chi connectivity index (χ1v) is 9.28. The molecule has 1 N–H and O–H groups in total. The van der Waals surface area contributed by atoms with Crippen molar-refractivity contribution in [1.29, 1.82) is 0 Å². The number of carbonyl (C=O) groups excluding carboxylic acids is 1. The van der Waals surface area contributed by atoms with E-state index in [2.05, 4.69) is 25.7 Å². The van der Waals surface area contributed by atoms with Gasteiger partial charge in [0.25, 0.3) is 0 Å². The summed E-state index contributed by atoms with van der Waals surface area (Å²) < 4.78 is 0. The quantitative estimate of drug-likeness (QED) is 0.756. The second kappa shape index (κ2) is 4.72. The number of hydrogen-bond donors (Lipinski definition) is 1. The van der Waals surface area contributed by atoms with Crippen LogP contribution in [0.1, 0.15) is 59.3 Å². The van der Waals surface area contributed by atoms with Crippen LogP contribution in [0.3, 0.4) is 0 Å². The summed E-state index contributed by atoms with van der Waals surface area (Å²) in [6.07, 6.45) is 7.95. The fourth-order valence-corrected chi connectivity index (χ4v) is 7.32. The number of nitrogens with zero attached hydrogens (tertiary/aromatic N) is 1. The molecule has 0 bridgehead atoms. The molecule has 4 aliphatic rings. The predicted octanol–water partition coefficient (Wildman–Crippen LogP) is 3.07. The summed E-state index contributed by atoms with van der Waals surface area (Å²) >= 11 is 0. The number of aliphatic hydroxyl groups excluding tert-OH is 1. The zero-order valence-corrected chi connectivity index (χ0v) is 14.3.